The Morgan fingerprint density at radius 2 is 1.66 bits per heavy atom. The largest absolute Gasteiger partial charge is 0.492 e. The number of hydrogen-bond donors (Lipinski definition) is 1. The Kier molecular flexibility index (Phi) is 11.6. The summed E-state index contributed by atoms with van der Waals surface area (Å²) in [5.41, 5.74) is 0.373. The van der Waals surface area contributed by atoms with Crippen LogP contribution in [0.1, 0.15) is 32.8 Å². The second-order valence-corrected chi connectivity index (χ2v) is 11.9. The molecule has 3 aromatic carbocycles. The van der Waals surface area contributed by atoms with Gasteiger partial charge in [-0.25, -0.2) is 12.8 Å². The number of hydrogen-bond acceptors (Lipinski definition) is 6. The molecule has 2 amide bonds. The van der Waals surface area contributed by atoms with Crippen LogP contribution in [0.25, 0.3) is 0 Å². The van der Waals surface area contributed by atoms with Gasteiger partial charge < -0.3 is 15.0 Å². The molecule has 0 fully saturated rings. The standard InChI is InChI=1S/C30H36FN3O5S2/c1-5-19-32-30(36)22(3)33(20-23-11-7-8-12-26(23)31)29(35)21-34(27-13-9-10-14-28(27)39-6-2)41(37,38)25-17-15-24(40-4)16-18-25/h7-18,22H,5-6,19-21H2,1-4H3,(H,32,36). The second-order valence-electron chi connectivity index (χ2n) is 9.17. The first-order chi connectivity index (χ1) is 19.6. The molecule has 0 aliphatic carbocycles. The molecule has 1 N–H and O–H groups in total. The van der Waals surface area contributed by atoms with E-state index in [4.69, 9.17) is 4.74 Å². The summed E-state index contributed by atoms with van der Waals surface area (Å²) >= 11 is 1.47. The molecule has 0 aliphatic rings. The molecule has 0 saturated carbocycles. The van der Waals surface area contributed by atoms with Crippen LogP contribution in [0, 0.1) is 5.82 Å². The van der Waals surface area contributed by atoms with Crippen molar-refractivity contribution in [1.82, 2.24) is 10.2 Å². The molecule has 0 saturated heterocycles. The number of nitrogens with one attached hydrogen (secondary N) is 1. The Bertz CT molecular complexity index is 1430. The van der Waals surface area contributed by atoms with Crippen molar-refractivity contribution < 1.29 is 27.1 Å². The average molecular weight is 602 g/mol. The number of carbonyl (C=O) groups excluding carboxylic acids is 2. The Hall–Kier alpha value is -3.57. The van der Waals surface area contributed by atoms with Gasteiger partial charge in [0.25, 0.3) is 10.0 Å². The number of halogens is 1. The Morgan fingerprint density at radius 1 is 1.00 bits per heavy atom. The van der Waals surface area contributed by atoms with E-state index in [0.29, 0.717) is 13.0 Å². The molecule has 220 valence electrons. The SMILES string of the molecule is CCCNC(=O)C(C)N(Cc1ccccc1F)C(=O)CN(c1ccccc1OCC)S(=O)(=O)c1ccc(SC)cc1. The van der Waals surface area contributed by atoms with Gasteiger partial charge in [0, 0.05) is 23.5 Å². The average Bonchev–Trinajstić information content (AvgIpc) is 2.98. The molecule has 0 spiro atoms. The topological polar surface area (TPSA) is 96.0 Å². The van der Waals surface area contributed by atoms with Gasteiger partial charge in [-0.2, -0.15) is 0 Å². The number of anilines is 1. The Morgan fingerprint density at radius 3 is 2.29 bits per heavy atom. The highest BCUT2D eigenvalue weighted by Crippen LogP contribution is 2.33. The third-order valence-corrected chi connectivity index (χ3v) is 8.89. The van der Waals surface area contributed by atoms with Gasteiger partial charge in [-0.15, -0.1) is 11.8 Å². The van der Waals surface area contributed by atoms with E-state index >= 15 is 0 Å². The smallest absolute Gasteiger partial charge is 0.264 e. The molecule has 0 radical (unpaired) electrons. The third kappa shape index (κ3) is 8.01. The van der Waals surface area contributed by atoms with Crippen molar-refractivity contribution in [3.05, 3.63) is 84.2 Å². The van der Waals surface area contributed by atoms with Crippen LogP contribution in [-0.4, -0.2) is 57.1 Å². The monoisotopic (exact) mass is 601 g/mol. The number of ether oxygens (including phenoxy) is 1. The number of para-hydroxylation sites is 2. The number of carbonyl (C=O) groups is 2. The molecule has 0 bridgehead atoms. The lowest BCUT2D eigenvalue weighted by molar-refractivity contribution is -0.139. The van der Waals surface area contributed by atoms with Crippen molar-refractivity contribution in [3.63, 3.8) is 0 Å². The van der Waals surface area contributed by atoms with Crippen molar-refractivity contribution in [3.8, 4) is 5.75 Å². The second kappa shape index (κ2) is 14.9. The number of thioether (sulfide) groups is 1. The highest BCUT2D eigenvalue weighted by atomic mass is 32.2. The number of amides is 2. The Balaban J connectivity index is 2.08. The number of benzene rings is 3. The van der Waals surface area contributed by atoms with E-state index in [0.717, 1.165) is 9.20 Å². The van der Waals surface area contributed by atoms with Gasteiger partial charge in [0.1, 0.15) is 24.2 Å². The molecule has 1 atom stereocenters. The molecule has 0 heterocycles. The maximum atomic E-state index is 14.7. The van der Waals surface area contributed by atoms with Crippen LogP contribution in [0.5, 0.6) is 5.75 Å². The summed E-state index contributed by atoms with van der Waals surface area (Å²) < 4.78 is 49.5. The molecule has 41 heavy (non-hydrogen) atoms. The lowest BCUT2D eigenvalue weighted by Crippen LogP contribution is -2.51. The molecule has 1 unspecified atom stereocenters. The number of rotatable bonds is 14. The van der Waals surface area contributed by atoms with E-state index in [1.165, 1.54) is 53.9 Å². The van der Waals surface area contributed by atoms with Gasteiger partial charge in [0.05, 0.1) is 17.2 Å². The van der Waals surface area contributed by atoms with E-state index in [9.17, 15) is 22.4 Å². The molecular weight excluding hydrogens is 565 g/mol. The zero-order chi connectivity index (χ0) is 30.0. The van der Waals surface area contributed by atoms with Gasteiger partial charge >= 0.3 is 0 Å². The van der Waals surface area contributed by atoms with Crippen molar-refractivity contribution in [2.45, 2.75) is 49.6 Å². The molecule has 0 aliphatic heterocycles. The Labute approximate surface area is 245 Å². The van der Waals surface area contributed by atoms with Crippen molar-refractivity contribution in [2.75, 3.05) is 30.3 Å². The molecular formula is C30H36FN3O5S2. The van der Waals surface area contributed by atoms with Crippen LogP contribution in [0.2, 0.25) is 0 Å². The molecule has 11 heteroatoms. The molecule has 8 nitrogen and oxygen atoms in total. The number of nitrogens with zero attached hydrogens (tertiary/aromatic N) is 2. The van der Waals surface area contributed by atoms with Gasteiger partial charge in [-0.3, -0.25) is 13.9 Å². The van der Waals surface area contributed by atoms with Crippen molar-refractivity contribution in [1.29, 1.82) is 0 Å². The van der Waals surface area contributed by atoms with Crippen LogP contribution >= 0.6 is 11.8 Å². The van der Waals surface area contributed by atoms with Crippen LogP contribution in [0.4, 0.5) is 10.1 Å². The van der Waals surface area contributed by atoms with Gasteiger partial charge in [0.2, 0.25) is 11.8 Å². The summed E-state index contributed by atoms with van der Waals surface area (Å²) in [6.45, 7) is 5.02. The first kappa shape index (κ1) is 32.0. The predicted molar refractivity (Wildman–Crippen MR) is 160 cm³/mol. The van der Waals surface area contributed by atoms with E-state index in [1.54, 1.807) is 49.4 Å². The summed E-state index contributed by atoms with van der Waals surface area (Å²) in [6, 6.07) is 17.9. The lowest BCUT2D eigenvalue weighted by atomic mass is 10.1. The lowest BCUT2D eigenvalue weighted by Gasteiger charge is -2.32. The normalized spacial score (nSPS) is 11.9. The van der Waals surface area contributed by atoms with E-state index in [1.807, 2.05) is 13.2 Å². The third-order valence-electron chi connectivity index (χ3n) is 6.38. The molecule has 3 aromatic rings. The maximum Gasteiger partial charge on any atom is 0.264 e. The van der Waals surface area contributed by atoms with Crippen LogP contribution in [0.3, 0.4) is 0 Å². The fourth-order valence-electron chi connectivity index (χ4n) is 4.12. The highest BCUT2D eigenvalue weighted by Gasteiger charge is 2.34. The van der Waals surface area contributed by atoms with Crippen LogP contribution in [-0.2, 0) is 26.2 Å². The zero-order valence-electron chi connectivity index (χ0n) is 23.7. The summed E-state index contributed by atoms with van der Waals surface area (Å²) in [5.74, 6) is -1.36. The van der Waals surface area contributed by atoms with E-state index in [-0.39, 0.29) is 35.0 Å². The zero-order valence-corrected chi connectivity index (χ0v) is 25.3. The minimum atomic E-state index is -4.27. The fourth-order valence-corrected chi connectivity index (χ4v) is 5.95. The first-order valence-electron chi connectivity index (χ1n) is 13.3. The summed E-state index contributed by atoms with van der Waals surface area (Å²) in [7, 11) is -4.27. The quantitative estimate of drug-likeness (QED) is 0.259. The van der Waals surface area contributed by atoms with Gasteiger partial charge in [-0.05, 0) is 69.0 Å². The van der Waals surface area contributed by atoms with E-state index in [2.05, 4.69) is 5.32 Å². The van der Waals surface area contributed by atoms with Crippen molar-refractivity contribution in [2.24, 2.45) is 0 Å². The summed E-state index contributed by atoms with van der Waals surface area (Å²) in [6.07, 6.45) is 2.57. The van der Waals surface area contributed by atoms with Crippen LogP contribution in [0.15, 0.2) is 82.6 Å². The fraction of sp³-hybridized carbons (Fsp3) is 0.333. The highest BCUT2D eigenvalue weighted by molar-refractivity contribution is 7.98. The minimum Gasteiger partial charge on any atom is -0.492 e. The van der Waals surface area contributed by atoms with E-state index < -0.39 is 40.2 Å². The minimum absolute atomic E-state index is 0.0104. The molecule has 3 rings (SSSR count). The summed E-state index contributed by atoms with van der Waals surface area (Å²) in [4.78, 5) is 29.0. The first-order valence-corrected chi connectivity index (χ1v) is 16.0. The van der Waals surface area contributed by atoms with Crippen molar-refractivity contribution >= 4 is 39.3 Å². The summed E-state index contributed by atoms with van der Waals surface area (Å²) in [5, 5.41) is 2.77. The molecule has 0 aromatic heterocycles. The van der Waals surface area contributed by atoms with Gasteiger partial charge in [-0.1, -0.05) is 37.3 Å². The van der Waals surface area contributed by atoms with Gasteiger partial charge in [0.15, 0.2) is 0 Å². The van der Waals surface area contributed by atoms with Crippen LogP contribution < -0.4 is 14.4 Å². The maximum absolute atomic E-state index is 14.7. The predicted octanol–water partition coefficient (Wildman–Crippen LogP) is 5.09. The number of sulfonamides is 1.